The first-order valence-electron chi connectivity index (χ1n) is 7.66. The Kier molecular flexibility index (Phi) is 7.22. The molecule has 1 fully saturated rings. The Balaban J connectivity index is 0.00000288. The molecule has 2 rings (SSSR count). The number of hydrogen-bond acceptors (Lipinski definition) is 5. The SMILES string of the molecule is CC(c1ccc(S(C)(=O)=O)cc1)N(C)C(=O)[C@@H]1CC[C@H](CN)O1.Cl. The van der Waals surface area contributed by atoms with E-state index in [9.17, 15) is 13.2 Å². The van der Waals surface area contributed by atoms with Crippen LogP contribution in [-0.2, 0) is 19.4 Å². The fourth-order valence-corrected chi connectivity index (χ4v) is 3.33. The number of sulfone groups is 1. The average Bonchev–Trinajstić information content (AvgIpc) is 3.01. The van der Waals surface area contributed by atoms with Crippen molar-refractivity contribution in [1.82, 2.24) is 4.90 Å². The zero-order valence-corrected chi connectivity index (χ0v) is 15.8. The highest BCUT2D eigenvalue weighted by atomic mass is 35.5. The van der Waals surface area contributed by atoms with E-state index in [1.807, 2.05) is 6.92 Å². The second kappa shape index (κ2) is 8.29. The number of carbonyl (C=O) groups excluding carboxylic acids is 1. The predicted octanol–water partition coefficient (Wildman–Crippen LogP) is 1.54. The summed E-state index contributed by atoms with van der Waals surface area (Å²) in [5.41, 5.74) is 6.45. The van der Waals surface area contributed by atoms with E-state index in [4.69, 9.17) is 10.5 Å². The summed E-state index contributed by atoms with van der Waals surface area (Å²) >= 11 is 0. The molecular weight excluding hydrogens is 352 g/mol. The molecule has 6 nitrogen and oxygen atoms in total. The summed E-state index contributed by atoms with van der Waals surface area (Å²) in [7, 11) is -1.48. The third-order valence-electron chi connectivity index (χ3n) is 4.37. The summed E-state index contributed by atoms with van der Waals surface area (Å²) in [5, 5.41) is 0. The van der Waals surface area contributed by atoms with Gasteiger partial charge in [-0.05, 0) is 37.5 Å². The Morgan fingerprint density at radius 1 is 1.33 bits per heavy atom. The number of nitrogens with two attached hydrogens (primary N) is 1. The maximum atomic E-state index is 12.5. The van der Waals surface area contributed by atoms with Gasteiger partial charge in [-0.25, -0.2) is 8.42 Å². The summed E-state index contributed by atoms with van der Waals surface area (Å²) in [5.74, 6) is -0.0689. The Morgan fingerprint density at radius 2 is 1.92 bits per heavy atom. The lowest BCUT2D eigenvalue weighted by atomic mass is 10.1. The molecule has 24 heavy (non-hydrogen) atoms. The van der Waals surface area contributed by atoms with Crippen LogP contribution >= 0.6 is 12.4 Å². The topological polar surface area (TPSA) is 89.7 Å². The second-order valence-electron chi connectivity index (χ2n) is 6.03. The third-order valence-corrected chi connectivity index (χ3v) is 5.49. The van der Waals surface area contributed by atoms with Crippen LogP contribution in [0.25, 0.3) is 0 Å². The molecule has 0 aromatic heterocycles. The van der Waals surface area contributed by atoms with Crippen LogP contribution in [0, 0.1) is 0 Å². The van der Waals surface area contributed by atoms with Crippen LogP contribution < -0.4 is 5.73 Å². The zero-order valence-electron chi connectivity index (χ0n) is 14.1. The number of benzene rings is 1. The van der Waals surface area contributed by atoms with E-state index in [1.165, 1.54) is 6.26 Å². The van der Waals surface area contributed by atoms with E-state index in [0.717, 1.165) is 12.0 Å². The number of halogens is 1. The molecule has 0 bridgehead atoms. The van der Waals surface area contributed by atoms with Crippen LogP contribution in [-0.4, -0.2) is 51.3 Å². The summed E-state index contributed by atoms with van der Waals surface area (Å²) < 4.78 is 28.6. The van der Waals surface area contributed by atoms with Crippen molar-refractivity contribution in [1.29, 1.82) is 0 Å². The fourth-order valence-electron chi connectivity index (χ4n) is 2.70. The van der Waals surface area contributed by atoms with Crippen molar-refractivity contribution in [2.75, 3.05) is 19.8 Å². The Labute approximate surface area is 149 Å². The van der Waals surface area contributed by atoms with E-state index < -0.39 is 15.9 Å². The van der Waals surface area contributed by atoms with Crippen molar-refractivity contribution in [2.45, 2.75) is 42.9 Å². The maximum Gasteiger partial charge on any atom is 0.251 e. The lowest BCUT2D eigenvalue weighted by Gasteiger charge is -2.28. The summed E-state index contributed by atoms with van der Waals surface area (Å²) in [6.07, 6.45) is 2.18. The standard InChI is InChI=1S/C16H24N2O4S.ClH/c1-11(12-4-7-14(8-5-12)23(3,20)21)18(2)16(19)15-9-6-13(10-17)22-15;/h4-5,7-8,11,13,15H,6,9-10,17H2,1-3H3;1H/t11?,13-,15+;/m1./s1. The smallest absolute Gasteiger partial charge is 0.251 e. The van der Waals surface area contributed by atoms with Crippen molar-refractivity contribution < 1.29 is 17.9 Å². The van der Waals surface area contributed by atoms with Crippen LogP contribution in [0.3, 0.4) is 0 Å². The summed E-state index contributed by atoms with van der Waals surface area (Å²) in [6.45, 7) is 2.33. The number of nitrogens with zero attached hydrogens (tertiary/aromatic N) is 1. The van der Waals surface area contributed by atoms with E-state index in [2.05, 4.69) is 0 Å². The molecule has 8 heteroatoms. The Hall–Kier alpha value is -1.15. The van der Waals surface area contributed by atoms with E-state index in [-0.39, 0.29) is 35.4 Å². The van der Waals surface area contributed by atoms with Crippen LogP contribution in [0.5, 0.6) is 0 Å². The van der Waals surface area contributed by atoms with E-state index >= 15 is 0 Å². The van der Waals surface area contributed by atoms with Gasteiger partial charge in [0.25, 0.3) is 5.91 Å². The monoisotopic (exact) mass is 376 g/mol. The molecule has 2 N–H and O–H groups in total. The van der Waals surface area contributed by atoms with Gasteiger partial charge in [-0.1, -0.05) is 12.1 Å². The fraction of sp³-hybridized carbons (Fsp3) is 0.562. The molecule has 0 saturated carbocycles. The molecular formula is C16H25ClN2O4S. The second-order valence-corrected chi connectivity index (χ2v) is 8.04. The van der Waals surface area contributed by atoms with Crippen LogP contribution in [0.4, 0.5) is 0 Å². The highest BCUT2D eigenvalue weighted by molar-refractivity contribution is 7.90. The Morgan fingerprint density at radius 3 is 2.38 bits per heavy atom. The first-order chi connectivity index (χ1) is 10.7. The molecule has 1 aliphatic rings. The molecule has 1 heterocycles. The minimum absolute atomic E-state index is 0. The van der Waals surface area contributed by atoms with Crippen LogP contribution in [0.2, 0.25) is 0 Å². The highest BCUT2D eigenvalue weighted by Crippen LogP contribution is 2.25. The number of ether oxygens (including phenoxy) is 1. The first kappa shape index (κ1) is 20.9. The molecule has 1 aliphatic heterocycles. The molecule has 0 spiro atoms. The van der Waals surface area contributed by atoms with Crippen molar-refractivity contribution in [2.24, 2.45) is 5.73 Å². The van der Waals surface area contributed by atoms with Crippen molar-refractivity contribution >= 4 is 28.2 Å². The lowest BCUT2D eigenvalue weighted by Crippen LogP contribution is -2.38. The Bertz CT molecular complexity index is 663. The number of likely N-dealkylation sites (N-methyl/N-ethyl adjacent to an activating group) is 1. The van der Waals surface area contributed by atoms with Gasteiger partial charge in [0.05, 0.1) is 17.0 Å². The molecule has 3 atom stereocenters. The predicted molar refractivity (Wildman–Crippen MR) is 94.9 cm³/mol. The normalized spacial score (nSPS) is 21.8. The van der Waals surface area contributed by atoms with E-state index in [1.54, 1.807) is 36.2 Å². The number of amides is 1. The van der Waals surface area contributed by atoms with Gasteiger partial charge >= 0.3 is 0 Å². The van der Waals surface area contributed by atoms with Gasteiger partial charge in [-0.2, -0.15) is 0 Å². The maximum absolute atomic E-state index is 12.5. The van der Waals surface area contributed by atoms with Gasteiger partial charge in [-0.15, -0.1) is 12.4 Å². The van der Waals surface area contributed by atoms with Crippen LogP contribution in [0.1, 0.15) is 31.4 Å². The zero-order chi connectivity index (χ0) is 17.2. The molecule has 1 unspecified atom stereocenters. The largest absolute Gasteiger partial charge is 0.364 e. The highest BCUT2D eigenvalue weighted by Gasteiger charge is 2.33. The third kappa shape index (κ3) is 4.69. The van der Waals surface area contributed by atoms with Gasteiger partial charge in [0.1, 0.15) is 6.10 Å². The first-order valence-corrected chi connectivity index (χ1v) is 9.55. The lowest BCUT2D eigenvalue weighted by molar-refractivity contribution is -0.143. The molecule has 1 aromatic rings. The molecule has 0 aliphatic carbocycles. The van der Waals surface area contributed by atoms with Crippen LogP contribution in [0.15, 0.2) is 29.2 Å². The van der Waals surface area contributed by atoms with Gasteiger partial charge in [0.2, 0.25) is 0 Å². The minimum Gasteiger partial charge on any atom is -0.364 e. The van der Waals surface area contributed by atoms with Crippen molar-refractivity contribution in [3.05, 3.63) is 29.8 Å². The van der Waals surface area contributed by atoms with Gasteiger partial charge in [0, 0.05) is 19.8 Å². The van der Waals surface area contributed by atoms with Gasteiger partial charge < -0.3 is 15.4 Å². The number of hydrogen-bond donors (Lipinski definition) is 1. The molecule has 0 radical (unpaired) electrons. The quantitative estimate of drug-likeness (QED) is 0.841. The molecule has 1 amide bonds. The minimum atomic E-state index is -3.22. The summed E-state index contributed by atoms with van der Waals surface area (Å²) in [6, 6.07) is 6.44. The molecule has 1 aromatic carbocycles. The number of carbonyl (C=O) groups is 1. The molecule has 1 saturated heterocycles. The van der Waals surface area contributed by atoms with E-state index in [0.29, 0.717) is 13.0 Å². The van der Waals surface area contributed by atoms with Crippen molar-refractivity contribution in [3.63, 3.8) is 0 Å². The van der Waals surface area contributed by atoms with Gasteiger partial charge in [-0.3, -0.25) is 4.79 Å². The van der Waals surface area contributed by atoms with Crippen molar-refractivity contribution in [3.8, 4) is 0 Å². The number of rotatable bonds is 5. The average molecular weight is 377 g/mol. The summed E-state index contributed by atoms with van der Waals surface area (Å²) in [4.78, 5) is 14.4. The molecule has 136 valence electrons. The van der Waals surface area contributed by atoms with Gasteiger partial charge in [0.15, 0.2) is 9.84 Å².